The summed E-state index contributed by atoms with van der Waals surface area (Å²) in [5.74, 6) is -0.994. The van der Waals surface area contributed by atoms with E-state index in [0.717, 1.165) is 31.1 Å². The van der Waals surface area contributed by atoms with Crippen LogP contribution in [-0.2, 0) is 16.0 Å². The summed E-state index contributed by atoms with van der Waals surface area (Å²) in [5, 5.41) is 3.22. The van der Waals surface area contributed by atoms with Crippen LogP contribution in [0.25, 0.3) is 0 Å². The van der Waals surface area contributed by atoms with Crippen LogP contribution in [-0.4, -0.2) is 48.3 Å². The highest BCUT2D eigenvalue weighted by Crippen LogP contribution is 2.33. The quantitative estimate of drug-likeness (QED) is 0.718. The SMILES string of the molecule is Cc1ccc(NCC2(Cc3ccc(Br)cc3)C(=O)N(C)C(=O)N(C)C2=O)cc1. The number of nitrogens with one attached hydrogen (secondary N) is 1. The van der Waals surface area contributed by atoms with Crippen molar-refractivity contribution in [3.8, 4) is 0 Å². The monoisotopic (exact) mass is 443 g/mol. The molecule has 1 aliphatic rings. The van der Waals surface area contributed by atoms with Crippen LogP contribution in [0, 0.1) is 12.3 Å². The minimum Gasteiger partial charge on any atom is -0.383 e. The van der Waals surface area contributed by atoms with E-state index in [1.54, 1.807) is 0 Å². The third-order valence-electron chi connectivity index (χ3n) is 5.07. The lowest BCUT2D eigenvalue weighted by Crippen LogP contribution is -2.65. The second kappa shape index (κ2) is 7.75. The van der Waals surface area contributed by atoms with Crippen LogP contribution in [0.15, 0.2) is 53.0 Å². The average molecular weight is 444 g/mol. The number of hydrogen-bond acceptors (Lipinski definition) is 4. The zero-order chi connectivity index (χ0) is 20.5. The maximum absolute atomic E-state index is 13.2. The molecule has 0 radical (unpaired) electrons. The van der Waals surface area contributed by atoms with E-state index in [2.05, 4.69) is 21.2 Å². The number of hydrogen-bond donors (Lipinski definition) is 1. The number of imide groups is 2. The lowest BCUT2D eigenvalue weighted by Gasteiger charge is -2.42. The molecule has 2 aromatic rings. The van der Waals surface area contributed by atoms with E-state index < -0.39 is 23.3 Å². The zero-order valence-electron chi connectivity index (χ0n) is 16.0. The summed E-state index contributed by atoms with van der Waals surface area (Å²) >= 11 is 3.39. The zero-order valence-corrected chi connectivity index (χ0v) is 17.6. The molecule has 1 aliphatic heterocycles. The predicted octanol–water partition coefficient (Wildman–Crippen LogP) is 3.45. The summed E-state index contributed by atoms with van der Waals surface area (Å²) in [6.45, 7) is 2.08. The third-order valence-corrected chi connectivity index (χ3v) is 5.60. The number of aryl methyl sites for hydroxylation is 1. The Labute approximate surface area is 172 Å². The molecular weight excluding hydrogens is 422 g/mol. The highest BCUT2D eigenvalue weighted by Gasteiger charge is 2.55. The van der Waals surface area contributed by atoms with Gasteiger partial charge in [0.15, 0.2) is 0 Å². The van der Waals surface area contributed by atoms with Gasteiger partial charge in [0.05, 0.1) is 0 Å². The Morgan fingerprint density at radius 2 is 1.43 bits per heavy atom. The van der Waals surface area contributed by atoms with Crippen LogP contribution in [0.4, 0.5) is 10.5 Å². The molecule has 0 spiro atoms. The van der Waals surface area contributed by atoms with E-state index >= 15 is 0 Å². The minimum absolute atomic E-state index is 0.0890. The number of carbonyl (C=O) groups excluding carboxylic acids is 3. The van der Waals surface area contributed by atoms with Crippen molar-refractivity contribution in [1.82, 2.24) is 9.80 Å². The van der Waals surface area contributed by atoms with Crippen molar-refractivity contribution in [1.29, 1.82) is 0 Å². The van der Waals surface area contributed by atoms with Crippen LogP contribution in [0.1, 0.15) is 11.1 Å². The van der Waals surface area contributed by atoms with Gasteiger partial charge in [-0.1, -0.05) is 45.8 Å². The molecular formula is C21H22BrN3O3. The number of benzene rings is 2. The average Bonchev–Trinajstić information content (AvgIpc) is 2.70. The number of anilines is 1. The summed E-state index contributed by atoms with van der Waals surface area (Å²) in [6, 6.07) is 14.6. The van der Waals surface area contributed by atoms with Gasteiger partial charge in [0, 0.05) is 30.8 Å². The van der Waals surface area contributed by atoms with E-state index in [1.807, 2.05) is 55.5 Å². The van der Waals surface area contributed by atoms with Crippen molar-refractivity contribution in [2.75, 3.05) is 26.0 Å². The van der Waals surface area contributed by atoms with Gasteiger partial charge in [-0.3, -0.25) is 19.4 Å². The van der Waals surface area contributed by atoms with E-state index in [-0.39, 0.29) is 13.0 Å². The van der Waals surface area contributed by atoms with Crippen molar-refractivity contribution in [3.63, 3.8) is 0 Å². The first-order valence-corrected chi connectivity index (χ1v) is 9.69. The largest absolute Gasteiger partial charge is 0.383 e. The van der Waals surface area contributed by atoms with Crippen molar-refractivity contribution < 1.29 is 14.4 Å². The van der Waals surface area contributed by atoms with Gasteiger partial charge in [0.25, 0.3) is 0 Å². The Morgan fingerprint density at radius 1 is 0.893 bits per heavy atom. The van der Waals surface area contributed by atoms with Gasteiger partial charge in [0.2, 0.25) is 11.8 Å². The van der Waals surface area contributed by atoms with Gasteiger partial charge in [0.1, 0.15) is 5.41 Å². The highest BCUT2D eigenvalue weighted by atomic mass is 79.9. The highest BCUT2D eigenvalue weighted by molar-refractivity contribution is 9.10. The van der Waals surface area contributed by atoms with Crippen molar-refractivity contribution in [3.05, 3.63) is 64.1 Å². The van der Waals surface area contributed by atoms with Gasteiger partial charge < -0.3 is 5.32 Å². The standard InChI is InChI=1S/C21H22BrN3O3/c1-14-4-10-17(11-5-14)23-13-21(12-15-6-8-16(22)9-7-15)18(26)24(2)20(28)25(3)19(21)27/h4-11,23H,12-13H2,1-3H3. The Bertz CT molecular complexity index is 885. The van der Waals surface area contributed by atoms with E-state index in [0.29, 0.717) is 0 Å². The first-order chi connectivity index (χ1) is 13.2. The van der Waals surface area contributed by atoms with Crippen molar-refractivity contribution in [2.24, 2.45) is 5.41 Å². The normalized spacial score (nSPS) is 16.5. The minimum atomic E-state index is -1.41. The molecule has 6 nitrogen and oxygen atoms in total. The Kier molecular flexibility index (Phi) is 5.56. The molecule has 3 rings (SSSR count). The van der Waals surface area contributed by atoms with Crippen LogP contribution in [0.5, 0.6) is 0 Å². The topological polar surface area (TPSA) is 69.7 Å². The molecule has 1 N–H and O–H groups in total. The first kappa shape index (κ1) is 20.1. The summed E-state index contributed by atoms with van der Waals surface area (Å²) in [4.78, 5) is 40.6. The predicted molar refractivity (Wildman–Crippen MR) is 111 cm³/mol. The van der Waals surface area contributed by atoms with Crippen molar-refractivity contribution in [2.45, 2.75) is 13.3 Å². The summed E-state index contributed by atoms with van der Waals surface area (Å²) in [5.41, 5.74) is 1.36. The van der Waals surface area contributed by atoms with E-state index in [4.69, 9.17) is 0 Å². The summed E-state index contributed by atoms with van der Waals surface area (Å²) < 4.78 is 0.911. The summed E-state index contributed by atoms with van der Waals surface area (Å²) in [7, 11) is 2.83. The fourth-order valence-electron chi connectivity index (χ4n) is 3.37. The molecule has 1 heterocycles. The van der Waals surface area contributed by atoms with Crippen LogP contribution >= 0.6 is 15.9 Å². The van der Waals surface area contributed by atoms with Gasteiger partial charge in [-0.2, -0.15) is 0 Å². The molecule has 2 aromatic carbocycles. The Hall–Kier alpha value is -2.67. The van der Waals surface area contributed by atoms with Gasteiger partial charge in [-0.05, 0) is 43.2 Å². The molecule has 0 saturated carbocycles. The van der Waals surface area contributed by atoms with Crippen LogP contribution < -0.4 is 5.32 Å². The Morgan fingerprint density at radius 3 is 1.96 bits per heavy atom. The Balaban J connectivity index is 1.98. The number of barbiturate groups is 1. The maximum atomic E-state index is 13.2. The number of carbonyl (C=O) groups is 3. The molecule has 0 bridgehead atoms. The molecule has 0 unspecified atom stereocenters. The van der Waals surface area contributed by atoms with E-state index in [9.17, 15) is 14.4 Å². The fraction of sp³-hybridized carbons (Fsp3) is 0.286. The first-order valence-electron chi connectivity index (χ1n) is 8.90. The fourth-order valence-corrected chi connectivity index (χ4v) is 3.64. The molecule has 0 atom stereocenters. The molecule has 1 fully saturated rings. The number of amides is 4. The van der Waals surface area contributed by atoms with Gasteiger partial charge in [-0.25, -0.2) is 4.79 Å². The molecule has 0 aliphatic carbocycles. The molecule has 1 saturated heterocycles. The summed E-state index contributed by atoms with van der Waals surface area (Å²) in [6.07, 6.45) is 0.193. The third kappa shape index (κ3) is 3.67. The number of rotatable bonds is 5. The molecule has 7 heteroatoms. The second-order valence-corrected chi connectivity index (χ2v) is 8.03. The number of urea groups is 1. The van der Waals surface area contributed by atoms with Gasteiger partial charge >= 0.3 is 6.03 Å². The van der Waals surface area contributed by atoms with E-state index in [1.165, 1.54) is 14.1 Å². The van der Waals surface area contributed by atoms with Crippen molar-refractivity contribution >= 4 is 39.5 Å². The van der Waals surface area contributed by atoms with Crippen LogP contribution in [0.2, 0.25) is 0 Å². The molecule has 4 amide bonds. The maximum Gasteiger partial charge on any atom is 0.332 e. The second-order valence-electron chi connectivity index (χ2n) is 7.12. The molecule has 28 heavy (non-hydrogen) atoms. The lowest BCUT2D eigenvalue weighted by molar-refractivity contribution is -0.156. The molecule has 0 aromatic heterocycles. The number of nitrogens with zero attached hydrogens (tertiary/aromatic N) is 2. The molecule has 146 valence electrons. The van der Waals surface area contributed by atoms with Gasteiger partial charge in [-0.15, -0.1) is 0 Å². The smallest absolute Gasteiger partial charge is 0.332 e. The number of halogens is 1. The lowest BCUT2D eigenvalue weighted by atomic mass is 9.77. The van der Waals surface area contributed by atoms with Crippen LogP contribution in [0.3, 0.4) is 0 Å².